The van der Waals surface area contributed by atoms with Crippen LogP contribution in [-0.2, 0) is 11.2 Å². The van der Waals surface area contributed by atoms with Gasteiger partial charge in [0.05, 0.1) is 0 Å². The van der Waals surface area contributed by atoms with E-state index in [1.807, 2.05) is 0 Å². The van der Waals surface area contributed by atoms with E-state index in [4.69, 9.17) is 0 Å². The fraction of sp³-hybridized carbons (Fsp3) is 0.611. The second-order valence-electron chi connectivity index (χ2n) is 6.95. The van der Waals surface area contributed by atoms with Crippen molar-refractivity contribution in [2.24, 2.45) is 11.3 Å². The van der Waals surface area contributed by atoms with Crippen molar-refractivity contribution in [3.8, 4) is 0 Å². The Morgan fingerprint density at radius 3 is 2.21 bits per heavy atom. The van der Waals surface area contributed by atoms with E-state index < -0.39 is 0 Å². The molecule has 0 heterocycles. The summed E-state index contributed by atoms with van der Waals surface area (Å²) in [6.07, 6.45) is 5.17. The van der Waals surface area contributed by atoms with Crippen molar-refractivity contribution < 1.29 is 4.79 Å². The van der Waals surface area contributed by atoms with Crippen LogP contribution >= 0.6 is 0 Å². The zero-order chi connectivity index (χ0) is 14.0. The maximum atomic E-state index is 12.5. The van der Waals surface area contributed by atoms with Crippen LogP contribution in [0.1, 0.15) is 56.2 Å². The number of carbonyl (C=O) groups is 1. The fourth-order valence-electron chi connectivity index (χ4n) is 3.17. The van der Waals surface area contributed by atoms with Gasteiger partial charge in [-0.3, -0.25) is 4.79 Å². The quantitative estimate of drug-likeness (QED) is 0.772. The van der Waals surface area contributed by atoms with Gasteiger partial charge in [-0.25, -0.2) is 0 Å². The van der Waals surface area contributed by atoms with E-state index >= 15 is 0 Å². The van der Waals surface area contributed by atoms with E-state index in [1.165, 1.54) is 29.5 Å². The van der Waals surface area contributed by atoms with E-state index in [1.54, 1.807) is 0 Å². The molecule has 1 aromatic rings. The van der Waals surface area contributed by atoms with Crippen molar-refractivity contribution in [3.63, 3.8) is 0 Å². The maximum Gasteiger partial charge on any atom is 0.140 e. The van der Waals surface area contributed by atoms with Gasteiger partial charge < -0.3 is 0 Å². The molecule has 0 aliphatic heterocycles. The van der Waals surface area contributed by atoms with Crippen molar-refractivity contribution in [3.05, 3.63) is 34.9 Å². The molecule has 1 aromatic carbocycles. The van der Waals surface area contributed by atoms with Crippen LogP contribution in [0.25, 0.3) is 0 Å². The third-order valence-corrected chi connectivity index (χ3v) is 4.79. The zero-order valence-electron chi connectivity index (χ0n) is 12.8. The molecule has 2 rings (SSSR count). The first kappa shape index (κ1) is 14.3. The van der Waals surface area contributed by atoms with Gasteiger partial charge in [0, 0.05) is 12.3 Å². The summed E-state index contributed by atoms with van der Waals surface area (Å²) in [5, 5.41) is 0. The van der Waals surface area contributed by atoms with Crippen LogP contribution in [0.15, 0.2) is 18.2 Å². The van der Waals surface area contributed by atoms with E-state index in [0.717, 1.165) is 12.8 Å². The highest BCUT2D eigenvalue weighted by molar-refractivity contribution is 5.84. The van der Waals surface area contributed by atoms with Gasteiger partial charge in [-0.2, -0.15) is 0 Å². The maximum absolute atomic E-state index is 12.5. The molecule has 0 radical (unpaired) electrons. The standard InChI is InChI=1S/C18H26O/c1-13-6-5-7-14(2)16(13)12-17(19)15-8-10-18(3,4)11-9-15/h5-7,15H,8-12H2,1-4H3. The van der Waals surface area contributed by atoms with Crippen LogP contribution in [0.2, 0.25) is 0 Å². The molecule has 1 aliphatic rings. The topological polar surface area (TPSA) is 17.1 Å². The predicted molar refractivity (Wildman–Crippen MR) is 80.4 cm³/mol. The smallest absolute Gasteiger partial charge is 0.140 e. The molecule has 1 fully saturated rings. The number of hydrogen-bond donors (Lipinski definition) is 0. The van der Waals surface area contributed by atoms with Gasteiger partial charge in [-0.1, -0.05) is 32.0 Å². The van der Waals surface area contributed by atoms with E-state index in [-0.39, 0.29) is 0 Å². The summed E-state index contributed by atoms with van der Waals surface area (Å²) >= 11 is 0. The van der Waals surface area contributed by atoms with Gasteiger partial charge in [-0.05, 0) is 61.6 Å². The molecular formula is C18H26O. The van der Waals surface area contributed by atoms with Crippen molar-refractivity contribution in [2.75, 3.05) is 0 Å². The predicted octanol–water partition coefficient (Wildman–Crippen LogP) is 4.63. The first-order valence-corrected chi connectivity index (χ1v) is 7.47. The summed E-state index contributed by atoms with van der Waals surface area (Å²) in [6, 6.07) is 6.29. The summed E-state index contributed by atoms with van der Waals surface area (Å²) in [4.78, 5) is 12.5. The van der Waals surface area contributed by atoms with Crippen LogP contribution < -0.4 is 0 Å². The van der Waals surface area contributed by atoms with Gasteiger partial charge in [-0.15, -0.1) is 0 Å². The first-order valence-electron chi connectivity index (χ1n) is 7.47. The zero-order valence-corrected chi connectivity index (χ0v) is 12.8. The number of Topliss-reactive ketones (excluding diaryl/α,β-unsaturated/α-hetero) is 1. The Kier molecular flexibility index (Phi) is 4.13. The summed E-state index contributed by atoms with van der Waals surface area (Å²) in [7, 11) is 0. The highest BCUT2D eigenvalue weighted by atomic mass is 16.1. The lowest BCUT2D eigenvalue weighted by Gasteiger charge is -2.33. The van der Waals surface area contributed by atoms with Crippen LogP contribution in [0.3, 0.4) is 0 Å². The Morgan fingerprint density at radius 2 is 1.68 bits per heavy atom. The number of aryl methyl sites for hydroxylation is 2. The van der Waals surface area contributed by atoms with Crippen LogP contribution in [-0.4, -0.2) is 5.78 Å². The average Bonchev–Trinajstić information content (AvgIpc) is 2.33. The average molecular weight is 258 g/mol. The van der Waals surface area contributed by atoms with Crippen molar-refractivity contribution in [1.82, 2.24) is 0 Å². The van der Waals surface area contributed by atoms with Crippen LogP contribution in [0.5, 0.6) is 0 Å². The van der Waals surface area contributed by atoms with E-state index in [0.29, 0.717) is 23.5 Å². The van der Waals surface area contributed by atoms with Gasteiger partial charge in [0.2, 0.25) is 0 Å². The first-order chi connectivity index (χ1) is 8.89. The molecule has 1 aliphatic carbocycles. The third kappa shape index (κ3) is 3.46. The van der Waals surface area contributed by atoms with Crippen LogP contribution in [0.4, 0.5) is 0 Å². The molecule has 104 valence electrons. The lowest BCUT2D eigenvalue weighted by molar-refractivity contribution is -0.123. The van der Waals surface area contributed by atoms with Gasteiger partial charge in [0.25, 0.3) is 0 Å². The summed E-state index contributed by atoms with van der Waals surface area (Å²) < 4.78 is 0. The highest BCUT2D eigenvalue weighted by Gasteiger charge is 2.30. The van der Waals surface area contributed by atoms with Gasteiger partial charge in [0.1, 0.15) is 5.78 Å². The number of ketones is 1. The SMILES string of the molecule is Cc1cccc(C)c1CC(=O)C1CCC(C)(C)CC1. The second kappa shape index (κ2) is 5.48. The lowest BCUT2D eigenvalue weighted by Crippen LogP contribution is -2.27. The van der Waals surface area contributed by atoms with Crippen molar-refractivity contribution in [1.29, 1.82) is 0 Å². The minimum atomic E-state index is 0.298. The minimum Gasteiger partial charge on any atom is -0.299 e. The Hall–Kier alpha value is -1.11. The van der Waals surface area contributed by atoms with Crippen molar-refractivity contribution >= 4 is 5.78 Å². The van der Waals surface area contributed by atoms with Gasteiger partial charge in [0.15, 0.2) is 0 Å². The Balaban J connectivity index is 2.02. The molecule has 0 N–H and O–H groups in total. The third-order valence-electron chi connectivity index (χ3n) is 4.79. The molecule has 0 amide bonds. The Labute approximate surface area is 117 Å². The molecule has 0 spiro atoms. The van der Waals surface area contributed by atoms with E-state index in [9.17, 15) is 4.79 Å². The van der Waals surface area contributed by atoms with Gasteiger partial charge >= 0.3 is 0 Å². The molecule has 0 saturated heterocycles. The summed E-state index contributed by atoms with van der Waals surface area (Å²) in [5.74, 6) is 0.750. The number of carbonyl (C=O) groups excluding carboxylic acids is 1. The Bertz CT molecular complexity index is 440. The molecular weight excluding hydrogens is 232 g/mol. The normalized spacial score (nSPS) is 19.4. The largest absolute Gasteiger partial charge is 0.299 e. The molecule has 0 bridgehead atoms. The van der Waals surface area contributed by atoms with E-state index in [2.05, 4.69) is 45.9 Å². The molecule has 1 saturated carbocycles. The number of benzene rings is 1. The highest BCUT2D eigenvalue weighted by Crippen LogP contribution is 2.38. The molecule has 0 unspecified atom stereocenters. The Morgan fingerprint density at radius 1 is 1.16 bits per heavy atom. The monoisotopic (exact) mass is 258 g/mol. The summed E-state index contributed by atoms with van der Waals surface area (Å²) in [6.45, 7) is 8.86. The number of rotatable bonds is 3. The number of hydrogen-bond acceptors (Lipinski definition) is 1. The lowest BCUT2D eigenvalue weighted by atomic mass is 9.71. The molecule has 1 heteroatoms. The molecule has 1 nitrogen and oxygen atoms in total. The second-order valence-corrected chi connectivity index (χ2v) is 6.95. The fourth-order valence-corrected chi connectivity index (χ4v) is 3.17. The van der Waals surface area contributed by atoms with Crippen molar-refractivity contribution in [2.45, 2.75) is 59.8 Å². The minimum absolute atomic E-state index is 0.298. The summed E-state index contributed by atoms with van der Waals surface area (Å²) in [5.41, 5.74) is 4.20. The molecule has 19 heavy (non-hydrogen) atoms. The van der Waals surface area contributed by atoms with Crippen LogP contribution in [0, 0.1) is 25.2 Å². The molecule has 0 aromatic heterocycles. The molecule has 0 atom stereocenters.